The molecule has 118 valence electrons. The van der Waals surface area contributed by atoms with Gasteiger partial charge in [-0.2, -0.15) is 0 Å². The van der Waals surface area contributed by atoms with Crippen LogP contribution in [0.15, 0.2) is 51.7 Å². The number of nitrogens with zero attached hydrogens (tertiary/aromatic N) is 1. The Hall–Kier alpha value is -2.53. The third-order valence-corrected chi connectivity index (χ3v) is 3.83. The second-order valence-electron chi connectivity index (χ2n) is 5.31. The molecule has 0 spiro atoms. The van der Waals surface area contributed by atoms with Crippen LogP contribution in [-0.2, 0) is 24.8 Å². The molecule has 3 aromatic rings. The second kappa shape index (κ2) is 6.30. The van der Waals surface area contributed by atoms with Gasteiger partial charge in [0.15, 0.2) is 5.58 Å². The normalized spacial score (nSPS) is 10.9. The zero-order valence-corrected chi connectivity index (χ0v) is 13.3. The molecule has 0 bridgehead atoms. The number of rotatable bonds is 4. The van der Waals surface area contributed by atoms with Crippen LogP contribution in [0.3, 0.4) is 0 Å². The molecule has 6 heteroatoms. The number of carbonyl (C=O) groups excluding carboxylic acids is 1. The first-order valence-corrected chi connectivity index (χ1v) is 7.50. The predicted octanol–water partition coefficient (Wildman–Crippen LogP) is 2.64. The van der Waals surface area contributed by atoms with Gasteiger partial charge in [0.2, 0.25) is 5.91 Å². The molecule has 5 nitrogen and oxygen atoms in total. The average Bonchev–Trinajstić information content (AvgIpc) is 2.80. The Kier molecular flexibility index (Phi) is 4.21. The van der Waals surface area contributed by atoms with Gasteiger partial charge in [-0.25, -0.2) is 4.79 Å². The molecule has 2 aromatic carbocycles. The quantitative estimate of drug-likeness (QED) is 0.800. The third-order valence-electron chi connectivity index (χ3n) is 3.60. The van der Waals surface area contributed by atoms with Gasteiger partial charge in [0.1, 0.15) is 0 Å². The van der Waals surface area contributed by atoms with E-state index in [1.165, 1.54) is 4.57 Å². The minimum atomic E-state index is -0.401. The standard InChI is InChI=1S/C17H15ClN2O3/c1-20-14-8-12(5-6-15(14)23-17(20)22)10-19-16(21)9-11-3-2-4-13(18)7-11/h2-8H,9-10H2,1H3,(H,19,21). The van der Waals surface area contributed by atoms with Gasteiger partial charge in [-0.05, 0) is 35.4 Å². The van der Waals surface area contributed by atoms with E-state index in [0.717, 1.165) is 11.1 Å². The lowest BCUT2D eigenvalue weighted by Crippen LogP contribution is -2.24. The van der Waals surface area contributed by atoms with Crippen molar-refractivity contribution in [3.8, 4) is 0 Å². The number of fused-ring (bicyclic) bond motifs is 1. The lowest BCUT2D eigenvalue weighted by molar-refractivity contribution is -0.120. The fourth-order valence-electron chi connectivity index (χ4n) is 2.38. The highest BCUT2D eigenvalue weighted by atomic mass is 35.5. The van der Waals surface area contributed by atoms with Crippen LogP contribution < -0.4 is 11.1 Å². The lowest BCUT2D eigenvalue weighted by Gasteiger charge is -2.06. The molecule has 23 heavy (non-hydrogen) atoms. The van der Waals surface area contributed by atoms with E-state index in [1.54, 1.807) is 25.2 Å². The van der Waals surface area contributed by atoms with Crippen LogP contribution in [0, 0.1) is 0 Å². The van der Waals surface area contributed by atoms with Crippen molar-refractivity contribution in [2.24, 2.45) is 7.05 Å². The van der Waals surface area contributed by atoms with Gasteiger partial charge in [-0.1, -0.05) is 29.8 Å². The van der Waals surface area contributed by atoms with Gasteiger partial charge in [0.05, 0.1) is 11.9 Å². The fourth-order valence-corrected chi connectivity index (χ4v) is 2.59. The van der Waals surface area contributed by atoms with Crippen LogP contribution in [0.1, 0.15) is 11.1 Å². The molecule has 0 saturated heterocycles. The highest BCUT2D eigenvalue weighted by Crippen LogP contribution is 2.14. The first kappa shape index (κ1) is 15.4. The molecular formula is C17H15ClN2O3. The SMILES string of the molecule is Cn1c(=O)oc2ccc(CNC(=O)Cc3cccc(Cl)c3)cc21. The maximum atomic E-state index is 12.0. The van der Waals surface area contributed by atoms with Crippen LogP contribution in [-0.4, -0.2) is 10.5 Å². The molecule has 1 heterocycles. The molecule has 0 aliphatic carbocycles. The zero-order chi connectivity index (χ0) is 16.4. The van der Waals surface area contributed by atoms with Gasteiger partial charge in [0.25, 0.3) is 0 Å². The summed E-state index contributed by atoms with van der Waals surface area (Å²) in [5.41, 5.74) is 3.00. The Balaban J connectivity index is 1.67. The first-order valence-electron chi connectivity index (χ1n) is 7.12. The Morgan fingerprint density at radius 1 is 1.22 bits per heavy atom. The zero-order valence-electron chi connectivity index (χ0n) is 12.5. The molecule has 0 unspecified atom stereocenters. The highest BCUT2D eigenvalue weighted by molar-refractivity contribution is 6.30. The number of hydrogen-bond acceptors (Lipinski definition) is 3. The summed E-state index contributed by atoms with van der Waals surface area (Å²) in [6.45, 7) is 0.384. The van der Waals surface area contributed by atoms with Gasteiger partial charge in [-0.3, -0.25) is 9.36 Å². The minimum absolute atomic E-state index is 0.0894. The van der Waals surface area contributed by atoms with Crippen molar-refractivity contribution in [1.29, 1.82) is 0 Å². The molecule has 0 aliphatic heterocycles. The smallest absolute Gasteiger partial charge is 0.408 e. The summed E-state index contributed by atoms with van der Waals surface area (Å²) in [4.78, 5) is 23.5. The van der Waals surface area contributed by atoms with Crippen LogP contribution in [0.25, 0.3) is 11.1 Å². The molecule has 0 atom stereocenters. The minimum Gasteiger partial charge on any atom is -0.408 e. The van der Waals surface area contributed by atoms with Gasteiger partial charge < -0.3 is 9.73 Å². The average molecular weight is 331 g/mol. The molecular weight excluding hydrogens is 316 g/mol. The summed E-state index contributed by atoms with van der Waals surface area (Å²) >= 11 is 5.91. The second-order valence-corrected chi connectivity index (χ2v) is 5.75. The molecule has 1 aromatic heterocycles. The number of benzene rings is 2. The van der Waals surface area contributed by atoms with Crippen LogP contribution >= 0.6 is 11.6 Å². The van der Waals surface area contributed by atoms with E-state index < -0.39 is 5.76 Å². The molecule has 0 radical (unpaired) electrons. The van der Waals surface area contributed by atoms with E-state index in [0.29, 0.717) is 22.7 Å². The topological polar surface area (TPSA) is 64.2 Å². The number of hydrogen-bond donors (Lipinski definition) is 1. The van der Waals surface area contributed by atoms with Crippen molar-refractivity contribution in [3.63, 3.8) is 0 Å². The van der Waals surface area contributed by atoms with E-state index in [2.05, 4.69) is 5.32 Å². The third kappa shape index (κ3) is 3.46. The number of aryl methyl sites for hydroxylation is 1. The lowest BCUT2D eigenvalue weighted by atomic mass is 10.1. The maximum absolute atomic E-state index is 12.0. The number of aromatic nitrogens is 1. The summed E-state index contributed by atoms with van der Waals surface area (Å²) in [7, 11) is 1.65. The van der Waals surface area contributed by atoms with Crippen LogP contribution in [0.5, 0.6) is 0 Å². The van der Waals surface area contributed by atoms with Crippen molar-refractivity contribution >= 4 is 28.6 Å². The van der Waals surface area contributed by atoms with Crippen molar-refractivity contribution < 1.29 is 9.21 Å². The van der Waals surface area contributed by atoms with E-state index in [9.17, 15) is 9.59 Å². The first-order chi connectivity index (χ1) is 11.0. The maximum Gasteiger partial charge on any atom is 0.419 e. The Labute approximate surface area is 137 Å². The highest BCUT2D eigenvalue weighted by Gasteiger charge is 2.08. The molecule has 3 rings (SSSR count). The van der Waals surface area contributed by atoms with Crippen molar-refractivity contribution in [2.75, 3.05) is 0 Å². The largest absolute Gasteiger partial charge is 0.419 e. The van der Waals surface area contributed by atoms with E-state index in [-0.39, 0.29) is 12.3 Å². The summed E-state index contributed by atoms with van der Waals surface area (Å²) in [5, 5.41) is 3.47. The number of oxazole rings is 1. The molecule has 1 N–H and O–H groups in total. The van der Waals surface area contributed by atoms with Gasteiger partial charge >= 0.3 is 5.76 Å². The summed E-state index contributed by atoms with van der Waals surface area (Å²) in [6, 6.07) is 12.6. The van der Waals surface area contributed by atoms with Crippen molar-refractivity contribution in [1.82, 2.24) is 9.88 Å². The number of halogens is 1. The van der Waals surface area contributed by atoms with Crippen molar-refractivity contribution in [3.05, 3.63) is 69.2 Å². The molecule has 0 saturated carbocycles. The Morgan fingerprint density at radius 3 is 2.83 bits per heavy atom. The van der Waals surface area contributed by atoms with Crippen LogP contribution in [0.4, 0.5) is 0 Å². The van der Waals surface area contributed by atoms with Crippen molar-refractivity contribution in [2.45, 2.75) is 13.0 Å². The molecule has 1 amide bonds. The molecule has 0 fully saturated rings. The van der Waals surface area contributed by atoms with E-state index in [1.807, 2.05) is 24.3 Å². The number of carbonyl (C=O) groups is 1. The Bertz CT molecular complexity index is 927. The van der Waals surface area contributed by atoms with Crippen LogP contribution in [0.2, 0.25) is 5.02 Å². The van der Waals surface area contributed by atoms with Gasteiger partial charge in [-0.15, -0.1) is 0 Å². The number of amides is 1. The summed E-state index contributed by atoms with van der Waals surface area (Å²) < 4.78 is 6.51. The summed E-state index contributed by atoms with van der Waals surface area (Å²) in [5.74, 6) is -0.490. The molecule has 0 aliphatic rings. The summed E-state index contributed by atoms with van der Waals surface area (Å²) in [6.07, 6.45) is 0.271. The number of nitrogens with one attached hydrogen (secondary N) is 1. The predicted molar refractivity (Wildman–Crippen MR) is 88.5 cm³/mol. The van der Waals surface area contributed by atoms with E-state index >= 15 is 0 Å². The van der Waals surface area contributed by atoms with E-state index in [4.69, 9.17) is 16.0 Å². The monoisotopic (exact) mass is 330 g/mol. The Morgan fingerprint density at radius 2 is 2.04 bits per heavy atom. The van der Waals surface area contributed by atoms with Gasteiger partial charge in [0, 0.05) is 18.6 Å². The fraction of sp³-hybridized carbons (Fsp3) is 0.176.